The molecule has 1 N–H and O–H groups in total. The lowest BCUT2D eigenvalue weighted by Gasteiger charge is -2.00. The molecule has 0 aliphatic rings. The van der Waals surface area contributed by atoms with Crippen molar-refractivity contribution in [2.45, 2.75) is 0 Å². The molecule has 0 aliphatic heterocycles. The first kappa shape index (κ1) is 12.6. The third kappa shape index (κ3) is 1.82. The van der Waals surface area contributed by atoms with Crippen molar-refractivity contribution < 1.29 is 22.0 Å². The van der Waals surface area contributed by atoms with Crippen molar-refractivity contribution in [2.24, 2.45) is 0 Å². The second kappa shape index (κ2) is 4.29. The van der Waals surface area contributed by atoms with E-state index in [0.29, 0.717) is 6.07 Å². The van der Waals surface area contributed by atoms with Crippen LogP contribution in [0.1, 0.15) is 0 Å². The summed E-state index contributed by atoms with van der Waals surface area (Å²) in [6.07, 6.45) is 0. The van der Waals surface area contributed by atoms with E-state index in [2.05, 4.69) is 9.97 Å². The zero-order valence-electron chi connectivity index (χ0n) is 9.65. The van der Waals surface area contributed by atoms with Crippen molar-refractivity contribution in [3.05, 3.63) is 53.4 Å². The summed E-state index contributed by atoms with van der Waals surface area (Å²) in [5, 5.41) is 0. The van der Waals surface area contributed by atoms with Crippen molar-refractivity contribution in [3.8, 4) is 11.4 Å². The maximum atomic E-state index is 13.6. The van der Waals surface area contributed by atoms with E-state index in [1.165, 1.54) is 0 Å². The molecule has 0 amide bonds. The molecule has 0 bridgehead atoms. The summed E-state index contributed by atoms with van der Waals surface area (Å²) in [5.74, 6) is -6.46. The average Bonchev–Trinajstić information content (AvgIpc) is 2.80. The number of halogens is 5. The summed E-state index contributed by atoms with van der Waals surface area (Å²) >= 11 is 0. The third-order valence-corrected chi connectivity index (χ3v) is 2.80. The quantitative estimate of drug-likeness (QED) is 0.532. The van der Waals surface area contributed by atoms with Crippen molar-refractivity contribution in [1.29, 1.82) is 0 Å². The first-order valence-corrected chi connectivity index (χ1v) is 5.46. The Morgan fingerprint density at radius 1 is 0.850 bits per heavy atom. The summed E-state index contributed by atoms with van der Waals surface area (Å²) in [6, 6.07) is 3.26. The topological polar surface area (TPSA) is 28.7 Å². The summed E-state index contributed by atoms with van der Waals surface area (Å²) in [5.41, 5.74) is -0.605. The van der Waals surface area contributed by atoms with E-state index in [0.717, 1.165) is 18.2 Å². The second-order valence-electron chi connectivity index (χ2n) is 4.09. The van der Waals surface area contributed by atoms with Crippen LogP contribution >= 0.6 is 0 Å². The van der Waals surface area contributed by atoms with Crippen LogP contribution in [0.3, 0.4) is 0 Å². The fraction of sp³-hybridized carbons (Fsp3) is 0. The smallest absolute Gasteiger partial charge is 0.195 e. The molecule has 102 valence electrons. The van der Waals surface area contributed by atoms with Gasteiger partial charge in [-0.1, -0.05) is 0 Å². The predicted molar refractivity (Wildman–Crippen MR) is 61.3 cm³/mol. The Morgan fingerprint density at radius 2 is 1.60 bits per heavy atom. The Bertz CT molecular complexity index is 825. The maximum absolute atomic E-state index is 13.6. The standard InChI is InChI=1S/C13H5F5N2/c14-5-3-8(16)12-9(4-5)19-13(20-12)6-1-2-7(15)11(18)10(6)17/h1-4H,(H,19,20). The lowest BCUT2D eigenvalue weighted by molar-refractivity contribution is 0.448. The molecule has 0 saturated heterocycles. The number of hydrogen-bond acceptors (Lipinski definition) is 1. The van der Waals surface area contributed by atoms with Gasteiger partial charge in [-0.15, -0.1) is 0 Å². The van der Waals surface area contributed by atoms with Gasteiger partial charge in [0.05, 0.1) is 11.1 Å². The Morgan fingerprint density at radius 3 is 2.35 bits per heavy atom. The minimum Gasteiger partial charge on any atom is -0.338 e. The van der Waals surface area contributed by atoms with Crippen molar-refractivity contribution in [2.75, 3.05) is 0 Å². The lowest BCUT2D eigenvalue weighted by atomic mass is 10.2. The number of benzene rings is 2. The van der Waals surface area contributed by atoms with E-state index in [-0.39, 0.29) is 22.4 Å². The number of rotatable bonds is 1. The molecular weight excluding hydrogens is 279 g/mol. The SMILES string of the molecule is Fc1cc(F)c2nc(-c3ccc(F)c(F)c3F)[nH]c2c1. The number of imidazole rings is 1. The number of aromatic amines is 1. The molecule has 20 heavy (non-hydrogen) atoms. The van der Waals surface area contributed by atoms with Gasteiger partial charge in [0.1, 0.15) is 17.2 Å². The number of H-pyrrole nitrogens is 1. The van der Waals surface area contributed by atoms with Gasteiger partial charge < -0.3 is 4.98 Å². The maximum Gasteiger partial charge on any atom is 0.195 e. The van der Waals surface area contributed by atoms with E-state index >= 15 is 0 Å². The molecule has 3 aromatic rings. The van der Waals surface area contributed by atoms with Gasteiger partial charge in [-0.2, -0.15) is 0 Å². The average molecular weight is 284 g/mol. The Balaban J connectivity index is 2.26. The number of nitrogens with zero attached hydrogens (tertiary/aromatic N) is 1. The van der Waals surface area contributed by atoms with Gasteiger partial charge in [0, 0.05) is 6.07 Å². The van der Waals surface area contributed by atoms with Crippen LogP contribution in [0.2, 0.25) is 0 Å². The number of fused-ring (bicyclic) bond motifs is 1. The summed E-state index contributed by atoms with van der Waals surface area (Å²) in [6.45, 7) is 0. The predicted octanol–water partition coefficient (Wildman–Crippen LogP) is 3.93. The van der Waals surface area contributed by atoms with E-state index in [1.54, 1.807) is 0 Å². The van der Waals surface area contributed by atoms with Gasteiger partial charge in [0.25, 0.3) is 0 Å². The molecule has 2 nitrogen and oxygen atoms in total. The fourth-order valence-electron chi connectivity index (χ4n) is 1.88. The molecular formula is C13H5F5N2. The van der Waals surface area contributed by atoms with Gasteiger partial charge in [-0.05, 0) is 18.2 Å². The minimum atomic E-state index is -1.66. The first-order valence-electron chi connectivity index (χ1n) is 5.46. The normalized spacial score (nSPS) is 11.2. The molecule has 1 heterocycles. The van der Waals surface area contributed by atoms with Gasteiger partial charge in [0.2, 0.25) is 0 Å². The Labute approximate surface area is 108 Å². The minimum absolute atomic E-state index is 0.0124. The summed E-state index contributed by atoms with van der Waals surface area (Å²) in [4.78, 5) is 6.19. The van der Waals surface area contributed by atoms with Gasteiger partial charge in [-0.25, -0.2) is 26.9 Å². The summed E-state index contributed by atoms with van der Waals surface area (Å²) in [7, 11) is 0. The highest BCUT2D eigenvalue weighted by atomic mass is 19.2. The highest BCUT2D eigenvalue weighted by Gasteiger charge is 2.18. The van der Waals surface area contributed by atoms with E-state index in [1.807, 2.05) is 0 Å². The Hall–Kier alpha value is -2.44. The zero-order chi connectivity index (χ0) is 14.4. The fourth-order valence-corrected chi connectivity index (χ4v) is 1.88. The largest absolute Gasteiger partial charge is 0.338 e. The van der Waals surface area contributed by atoms with Gasteiger partial charge >= 0.3 is 0 Å². The van der Waals surface area contributed by atoms with E-state index in [4.69, 9.17) is 0 Å². The molecule has 7 heteroatoms. The van der Waals surface area contributed by atoms with Crippen LogP contribution in [0.15, 0.2) is 24.3 Å². The summed E-state index contributed by atoms with van der Waals surface area (Å²) < 4.78 is 66.1. The van der Waals surface area contributed by atoms with Crippen molar-refractivity contribution in [3.63, 3.8) is 0 Å². The number of nitrogens with one attached hydrogen (secondary N) is 1. The molecule has 2 aromatic carbocycles. The number of aromatic nitrogens is 2. The number of hydrogen-bond donors (Lipinski definition) is 1. The van der Waals surface area contributed by atoms with E-state index < -0.39 is 29.1 Å². The van der Waals surface area contributed by atoms with Crippen LogP contribution in [0.4, 0.5) is 22.0 Å². The van der Waals surface area contributed by atoms with Crippen LogP contribution in [0.25, 0.3) is 22.4 Å². The third-order valence-electron chi connectivity index (χ3n) is 2.80. The molecule has 1 aromatic heterocycles. The highest BCUT2D eigenvalue weighted by molar-refractivity contribution is 5.80. The second-order valence-corrected chi connectivity index (χ2v) is 4.09. The van der Waals surface area contributed by atoms with Crippen LogP contribution in [0, 0.1) is 29.1 Å². The van der Waals surface area contributed by atoms with Crippen molar-refractivity contribution >= 4 is 11.0 Å². The molecule has 0 atom stereocenters. The van der Waals surface area contributed by atoms with Crippen LogP contribution in [0.5, 0.6) is 0 Å². The first-order chi connectivity index (χ1) is 9.47. The highest BCUT2D eigenvalue weighted by Crippen LogP contribution is 2.27. The Kier molecular flexibility index (Phi) is 2.70. The molecule has 0 aliphatic carbocycles. The molecule has 0 fully saturated rings. The molecule has 0 radical (unpaired) electrons. The van der Waals surface area contributed by atoms with Crippen molar-refractivity contribution in [1.82, 2.24) is 9.97 Å². The van der Waals surface area contributed by atoms with Crippen LogP contribution < -0.4 is 0 Å². The zero-order valence-corrected chi connectivity index (χ0v) is 9.65. The molecule has 3 rings (SSSR count). The lowest BCUT2D eigenvalue weighted by Crippen LogP contribution is -1.94. The van der Waals surface area contributed by atoms with Gasteiger partial charge in [-0.3, -0.25) is 0 Å². The molecule has 0 spiro atoms. The molecule has 0 saturated carbocycles. The van der Waals surface area contributed by atoms with Gasteiger partial charge in [0.15, 0.2) is 23.3 Å². The van der Waals surface area contributed by atoms with E-state index in [9.17, 15) is 22.0 Å². The monoisotopic (exact) mass is 284 g/mol. The van der Waals surface area contributed by atoms with Crippen LogP contribution in [-0.2, 0) is 0 Å². The molecule has 0 unspecified atom stereocenters. The van der Waals surface area contributed by atoms with Crippen LogP contribution in [-0.4, -0.2) is 9.97 Å².